The van der Waals surface area contributed by atoms with Crippen molar-refractivity contribution in [2.24, 2.45) is 0 Å². The summed E-state index contributed by atoms with van der Waals surface area (Å²) in [6.45, 7) is 7.64. The lowest BCUT2D eigenvalue weighted by Gasteiger charge is -2.04. The van der Waals surface area contributed by atoms with Gasteiger partial charge in [0.2, 0.25) is 0 Å². The van der Waals surface area contributed by atoms with Crippen LogP contribution in [0.2, 0.25) is 13.1 Å². The minimum absolute atomic E-state index is 0.713. The third-order valence-electron chi connectivity index (χ3n) is 1.20. The molecule has 0 radical (unpaired) electrons. The summed E-state index contributed by atoms with van der Waals surface area (Å²) < 4.78 is 5.48. The highest BCUT2D eigenvalue weighted by molar-refractivity contribution is 6.48. The van der Waals surface area contributed by atoms with E-state index in [1.807, 2.05) is 0 Å². The lowest BCUT2D eigenvalue weighted by molar-refractivity contribution is 0.314. The molecule has 0 spiro atoms. The lowest BCUT2D eigenvalue weighted by atomic mass is 10.3. The maximum Gasteiger partial charge on any atom is 0.170 e. The van der Waals surface area contributed by atoms with Crippen LogP contribution in [-0.2, 0) is 4.43 Å². The van der Waals surface area contributed by atoms with Gasteiger partial charge in [0.15, 0.2) is 9.04 Å². The zero-order valence-electron chi connectivity index (χ0n) is 6.81. The zero-order chi connectivity index (χ0) is 7.11. The molecular weight excluding hydrogens is 128 g/mol. The Kier molecular flexibility index (Phi) is 6.42. The van der Waals surface area contributed by atoms with E-state index in [0.29, 0.717) is 0 Å². The lowest BCUT2D eigenvalue weighted by Crippen LogP contribution is -2.08. The predicted octanol–water partition coefficient (Wildman–Crippen LogP) is 2.18. The summed E-state index contributed by atoms with van der Waals surface area (Å²) in [7, 11) is -0.713. The van der Waals surface area contributed by atoms with Gasteiger partial charge in [-0.25, -0.2) is 0 Å². The van der Waals surface area contributed by atoms with Crippen LogP contribution in [0.1, 0.15) is 26.2 Å². The first-order chi connectivity index (χ1) is 4.27. The average molecular weight is 146 g/mol. The quantitative estimate of drug-likeness (QED) is 0.427. The van der Waals surface area contributed by atoms with Crippen LogP contribution in [0.25, 0.3) is 0 Å². The Hall–Kier alpha value is 0.177. The van der Waals surface area contributed by atoms with E-state index < -0.39 is 9.04 Å². The van der Waals surface area contributed by atoms with Crippen molar-refractivity contribution in [3.8, 4) is 0 Å². The van der Waals surface area contributed by atoms with Gasteiger partial charge < -0.3 is 4.43 Å². The summed E-state index contributed by atoms with van der Waals surface area (Å²) in [5.41, 5.74) is 0. The fraction of sp³-hybridized carbons (Fsp3) is 1.00. The molecule has 0 aromatic rings. The monoisotopic (exact) mass is 146 g/mol. The molecule has 1 nitrogen and oxygen atoms in total. The van der Waals surface area contributed by atoms with Crippen LogP contribution in [0.3, 0.4) is 0 Å². The van der Waals surface area contributed by atoms with Gasteiger partial charge >= 0.3 is 0 Å². The number of hydrogen-bond acceptors (Lipinski definition) is 1. The van der Waals surface area contributed by atoms with Gasteiger partial charge in [-0.05, 0) is 19.5 Å². The van der Waals surface area contributed by atoms with Crippen molar-refractivity contribution >= 4 is 9.04 Å². The number of rotatable bonds is 5. The Balaban J connectivity index is 2.75. The second-order valence-electron chi connectivity index (χ2n) is 2.63. The van der Waals surface area contributed by atoms with E-state index >= 15 is 0 Å². The van der Waals surface area contributed by atoms with E-state index in [9.17, 15) is 0 Å². The Bertz CT molecular complexity index is 54.9. The van der Waals surface area contributed by atoms with Crippen molar-refractivity contribution in [2.45, 2.75) is 39.3 Å². The highest BCUT2D eigenvalue weighted by Crippen LogP contribution is 1.95. The van der Waals surface area contributed by atoms with E-state index in [2.05, 4.69) is 20.0 Å². The fourth-order valence-corrected chi connectivity index (χ4v) is 1.31. The maximum atomic E-state index is 5.48. The van der Waals surface area contributed by atoms with E-state index in [-0.39, 0.29) is 0 Å². The average Bonchev–Trinajstić information content (AvgIpc) is 1.80. The molecule has 0 aliphatic rings. The van der Waals surface area contributed by atoms with Crippen molar-refractivity contribution < 1.29 is 4.43 Å². The molecule has 0 saturated heterocycles. The minimum atomic E-state index is -0.713. The molecule has 0 saturated carbocycles. The fourth-order valence-electron chi connectivity index (χ4n) is 0.671. The third kappa shape index (κ3) is 8.18. The first-order valence-electron chi connectivity index (χ1n) is 3.89. The summed E-state index contributed by atoms with van der Waals surface area (Å²) in [4.78, 5) is 0. The maximum absolute atomic E-state index is 5.48. The molecule has 2 heteroatoms. The van der Waals surface area contributed by atoms with E-state index in [4.69, 9.17) is 4.43 Å². The van der Waals surface area contributed by atoms with Crippen molar-refractivity contribution in [1.29, 1.82) is 0 Å². The smallest absolute Gasteiger partial charge is 0.170 e. The van der Waals surface area contributed by atoms with Crippen molar-refractivity contribution in [3.63, 3.8) is 0 Å². The van der Waals surface area contributed by atoms with Crippen molar-refractivity contribution in [1.82, 2.24) is 0 Å². The van der Waals surface area contributed by atoms with Crippen LogP contribution in [-0.4, -0.2) is 15.6 Å². The summed E-state index contributed by atoms with van der Waals surface area (Å²) in [6.07, 6.45) is 3.87. The molecule has 0 fully saturated rings. The van der Waals surface area contributed by atoms with Gasteiger partial charge in [0, 0.05) is 6.61 Å². The van der Waals surface area contributed by atoms with Gasteiger partial charge in [-0.1, -0.05) is 19.8 Å². The second-order valence-corrected chi connectivity index (χ2v) is 5.06. The molecular formula is C7H18OSi. The van der Waals surface area contributed by atoms with Gasteiger partial charge in [0.25, 0.3) is 0 Å². The molecule has 0 aromatic carbocycles. The van der Waals surface area contributed by atoms with Gasteiger partial charge in [0.05, 0.1) is 0 Å². The van der Waals surface area contributed by atoms with E-state index in [1.54, 1.807) is 0 Å². The summed E-state index contributed by atoms with van der Waals surface area (Å²) >= 11 is 0. The van der Waals surface area contributed by atoms with Gasteiger partial charge in [-0.2, -0.15) is 0 Å². The summed E-state index contributed by atoms with van der Waals surface area (Å²) in [5, 5.41) is 0. The van der Waals surface area contributed by atoms with Gasteiger partial charge in [0.1, 0.15) is 0 Å². The molecule has 0 rings (SSSR count). The Morgan fingerprint density at radius 1 is 1.22 bits per heavy atom. The molecule has 0 aromatic heterocycles. The molecule has 0 unspecified atom stereocenters. The first kappa shape index (κ1) is 9.18. The zero-order valence-corrected chi connectivity index (χ0v) is 7.97. The SMILES string of the molecule is CCCCCO[SiH](C)C. The summed E-state index contributed by atoms with van der Waals surface area (Å²) in [5.74, 6) is 0. The standard InChI is InChI=1S/C7H18OSi/c1-4-5-6-7-8-9(2)3/h9H,4-7H2,1-3H3. The largest absolute Gasteiger partial charge is 0.421 e. The molecule has 0 aliphatic carbocycles. The Morgan fingerprint density at radius 2 is 1.89 bits per heavy atom. The van der Waals surface area contributed by atoms with Gasteiger partial charge in [-0.3, -0.25) is 0 Å². The Labute approximate surface area is 60.1 Å². The molecule has 0 amide bonds. The first-order valence-corrected chi connectivity index (χ1v) is 6.67. The minimum Gasteiger partial charge on any atom is -0.421 e. The topological polar surface area (TPSA) is 9.23 Å². The van der Waals surface area contributed by atoms with Crippen LogP contribution in [0.15, 0.2) is 0 Å². The van der Waals surface area contributed by atoms with Crippen LogP contribution in [0, 0.1) is 0 Å². The van der Waals surface area contributed by atoms with Gasteiger partial charge in [-0.15, -0.1) is 0 Å². The van der Waals surface area contributed by atoms with Crippen LogP contribution >= 0.6 is 0 Å². The van der Waals surface area contributed by atoms with Crippen LogP contribution < -0.4 is 0 Å². The van der Waals surface area contributed by atoms with E-state index in [1.165, 1.54) is 19.3 Å². The predicted molar refractivity (Wildman–Crippen MR) is 44.4 cm³/mol. The number of hydrogen-bond donors (Lipinski definition) is 0. The van der Waals surface area contributed by atoms with Crippen LogP contribution in [0.5, 0.6) is 0 Å². The molecule has 0 bridgehead atoms. The van der Waals surface area contributed by atoms with Crippen molar-refractivity contribution in [3.05, 3.63) is 0 Å². The molecule has 0 aliphatic heterocycles. The molecule has 0 N–H and O–H groups in total. The summed E-state index contributed by atoms with van der Waals surface area (Å²) in [6, 6.07) is 0. The molecule has 56 valence electrons. The Morgan fingerprint density at radius 3 is 2.33 bits per heavy atom. The number of unbranched alkanes of at least 4 members (excludes halogenated alkanes) is 2. The highest BCUT2D eigenvalue weighted by Gasteiger charge is 1.92. The molecule has 0 atom stereocenters. The van der Waals surface area contributed by atoms with Crippen molar-refractivity contribution in [2.75, 3.05) is 6.61 Å². The highest BCUT2D eigenvalue weighted by atomic mass is 28.3. The molecule has 0 heterocycles. The normalized spacial score (nSPS) is 10.7. The second kappa shape index (κ2) is 6.30. The van der Waals surface area contributed by atoms with Crippen LogP contribution in [0.4, 0.5) is 0 Å². The van der Waals surface area contributed by atoms with E-state index in [0.717, 1.165) is 6.61 Å². The third-order valence-corrected chi connectivity index (χ3v) is 2.10. The molecule has 9 heavy (non-hydrogen) atoms.